The first-order valence-electron chi connectivity index (χ1n) is 4.54. The van der Waals surface area contributed by atoms with Gasteiger partial charge in [-0.3, -0.25) is 10.1 Å². The maximum absolute atomic E-state index is 11.4. The fraction of sp³-hybridized carbons (Fsp3) is 0.300. The number of benzene rings is 1. The summed E-state index contributed by atoms with van der Waals surface area (Å²) in [6.45, 7) is 1.43. The van der Waals surface area contributed by atoms with Gasteiger partial charge in [-0.15, -0.1) is 0 Å². The van der Waals surface area contributed by atoms with E-state index < -0.39 is 23.0 Å². The number of cyclic esters (lactones) is 1. The molecule has 0 aromatic heterocycles. The van der Waals surface area contributed by atoms with Crippen molar-refractivity contribution in [3.8, 4) is 0 Å². The van der Waals surface area contributed by atoms with Crippen LogP contribution in [0.3, 0.4) is 0 Å². The molecule has 0 radical (unpaired) electrons. The van der Waals surface area contributed by atoms with Crippen LogP contribution in [0.15, 0.2) is 24.3 Å². The molecule has 0 aliphatic carbocycles. The number of ether oxygens (including phenoxy) is 1. The Balaban J connectivity index is 2.40. The molecule has 0 fully saturated rings. The van der Waals surface area contributed by atoms with Crippen molar-refractivity contribution in [2.45, 2.75) is 19.1 Å². The number of carbonyl (C=O) groups excluding carboxylic acids is 1. The summed E-state index contributed by atoms with van der Waals surface area (Å²) >= 11 is 0. The minimum atomic E-state index is -0.919. The van der Waals surface area contributed by atoms with E-state index in [2.05, 4.69) is 0 Å². The zero-order valence-electron chi connectivity index (χ0n) is 8.04. The predicted octanol–water partition coefficient (Wildman–Crippen LogP) is 1.56. The molecule has 0 saturated carbocycles. The smallest absolute Gasteiger partial charge is 0.339 e. The predicted molar refractivity (Wildman–Crippen MR) is 51.1 cm³/mol. The van der Waals surface area contributed by atoms with E-state index in [9.17, 15) is 14.9 Å². The number of esters is 1. The Hall–Kier alpha value is -1.91. The normalized spacial score (nSPS) is 20.6. The molecule has 5 heteroatoms. The molecule has 2 atom stereocenters. The van der Waals surface area contributed by atoms with Gasteiger partial charge in [0.1, 0.15) is 0 Å². The highest BCUT2D eigenvalue weighted by Gasteiger charge is 2.39. The largest absolute Gasteiger partial charge is 0.446 e. The van der Waals surface area contributed by atoms with Crippen molar-refractivity contribution in [2.24, 2.45) is 0 Å². The van der Waals surface area contributed by atoms with Crippen LogP contribution in [-0.4, -0.2) is 16.9 Å². The van der Waals surface area contributed by atoms with Crippen molar-refractivity contribution in [3.63, 3.8) is 0 Å². The van der Waals surface area contributed by atoms with Crippen LogP contribution in [0, 0.1) is 10.1 Å². The van der Waals surface area contributed by atoms with Crippen LogP contribution in [0.4, 0.5) is 0 Å². The molecule has 0 spiro atoms. The fourth-order valence-corrected chi connectivity index (χ4v) is 1.64. The molecule has 0 saturated heterocycles. The summed E-state index contributed by atoms with van der Waals surface area (Å²) in [4.78, 5) is 21.5. The van der Waals surface area contributed by atoms with E-state index in [1.54, 1.807) is 24.3 Å². The molecule has 0 unspecified atom stereocenters. The number of rotatable bonds is 2. The second-order valence-electron chi connectivity index (χ2n) is 3.44. The van der Waals surface area contributed by atoms with Crippen molar-refractivity contribution in [2.75, 3.05) is 0 Å². The Kier molecular flexibility index (Phi) is 2.15. The zero-order valence-corrected chi connectivity index (χ0v) is 8.04. The SMILES string of the molecule is C[C@@H]([C@@H]1OC(=O)c2ccccc21)[N+](=O)[O-]. The fourth-order valence-electron chi connectivity index (χ4n) is 1.64. The Morgan fingerprint density at radius 2 is 2.13 bits per heavy atom. The standard InChI is InChI=1S/C10H9NO4/c1-6(11(13)14)9-7-4-2-3-5-8(7)10(12)15-9/h2-6,9H,1H3/t6-,9-/m0/s1. The van der Waals surface area contributed by atoms with Gasteiger partial charge in [-0.05, 0) is 6.07 Å². The third kappa shape index (κ3) is 1.45. The number of hydrogen-bond acceptors (Lipinski definition) is 4. The van der Waals surface area contributed by atoms with Gasteiger partial charge >= 0.3 is 5.97 Å². The highest BCUT2D eigenvalue weighted by atomic mass is 16.6. The Bertz CT molecular complexity index is 429. The van der Waals surface area contributed by atoms with E-state index >= 15 is 0 Å². The second kappa shape index (κ2) is 3.34. The summed E-state index contributed by atoms with van der Waals surface area (Å²) in [5.74, 6) is -0.482. The van der Waals surface area contributed by atoms with E-state index in [0.29, 0.717) is 11.1 Å². The Morgan fingerprint density at radius 1 is 1.47 bits per heavy atom. The first-order chi connectivity index (χ1) is 7.11. The Labute approximate surface area is 85.8 Å². The molecule has 0 N–H and O–H groups in total. The third-order valence-electron chi connectivity index (χ3n) is 2.49. The van der Waals surface area contributed by atoms with Gasteiger partial charge < -0.3 is 4.74 Å². The molecule has 1 aliphatic rings. The lowest BCUT2D eigenvalue weighted by atomic mass is 10.0. The lowest BCUT2D eigenvalue weighted by molar-refractivity contribution is -0.530. The van der Waals surface area contributed by atoms with Gasteiger partial charge in [0, 0.05) is 17.4 Å². The second-order valence-corrected chi connectivity index (χ2v) is 3.44. The van der Waals surface area contributed by atoms with Crippen molar-refractivity contribution >= 4 is 5.97 Å². The lowest BCUT2D eigenvalue weighted by Gasteiger charge is -2.11. The summed E-state index contributed by atoms with van der Waals surface area (Å²) < 4.78 is 4.97. The van der Waals surface area contributed by atoms with E-state index in [4.69, 9.17) is 4.74 Å². The van der Waals surface area contributed by atoms with Crippen LogP contribution in [0.25, 0.3) is 0 Å². The van der Waals surface area contributed by atoms with E-state index in [0.717, 1.165) is 0 Å². The molecule has 0 amide bonds. The topological polar surface area (TPSA) is 69.4 Å². The van der Waals surface area contributed by atoms with Crippen LogP contribution >= 0.6 is 0 Å². The monoisotopic (exact) mass is 207 g/mol. The van der Waals surface area contributed by atoms with E-state index in [1.807, 2.05) is 0 Å². The van der Waals surface area contributed by atoms with Gasteiger partial charge in [-0.25, -0.2) is 4.79 Å². The van der Waals surface area contributed by atoms with Crippen LogP contribution < -0.4 is 0 Å². The van der Waals surface area contributed by atoms with Crippen LogP contribution in [0.5, 0.6) is 0 Å². The molecule has 15 heavy (non-hydrogen) atoms. The highest BCUT2D eigenvalue weighted by Crippen LogP contribution is 2.33. The minimum absolute atomic E-state index is 0.427. The summed E-state index contributed by atoms with van der Waals surface area (Å²) in [5, 5.41) is 10.6. The molecule has 1 aromatic rings. The third-order valence-corrected chi connectivity index (χ3v) is 2.49. The lowest BCUT2D eigenvalue weighted by Crippen LogP contribution is -2.24. The molecule has 0 bridgehead atoms. The molecular weight excluding hydrogens is 198 g/mol. The number of fused-ring (bicyclic) bond motifs is 1. The quantitative estimate of drug-likeness (QED) is 0.419. The number of nitro groups is 1. The molecular formula is C10H9NO4. The number of carbonyl (C=O) groups is 1. The maximum atomic E-state index is 11.4. The van der Waals surface area contributed by atoms with Crippen LogP contribution in [0.1, 0.15) is 28.9 Å². The summed E-state index contributed by atoms with van der Waals surface area (Å²) in [6.07, 6.45) is -0.760. The van der Waals surface area contributed by atoms with Crippen molar-refractivity contribution < 1.29 is 14.5 Å². The van der Waals surface area contributed by atoms with Gasteiger partial charge in [0.15, 0.2) is 6.10 Å². The zero-order chi connectivity index (χ0) is 11.0. The first kappa shape index (κ1) is 9.64. The summed E-state index contributed by atoms with van der Waals surface area (Å²) in [5.41, 5.74) is 1.03. The molecule has 2 rings (SSSR count). The van der Waals surface area contributed by atoms with Crippen LogP contribution in [0.2, 0.25) is 0 Å². The van der Waals surface area contributed by atoms with E-state index in [-0.39, 0.29) is 0 Å². The van der Waals surface area contributed by atoms with Crippen molar-refractivity contribution in [3.05, 3.63) is 45.5 Å². The Morgan fingerprint density at radius 3 is 2.80 bits per heavy atom. The highest BCUT2D eigenvalue weighted by molar-refractivity contribution is 5.94. The molecule has 5 nitrogen and oxygen atoms in total. The molecule has 1 aromatic carbocycles. The van der Waals surface area contributed by atoms with E-state index in [1.165, 1.54) is 6.92 Å². The summed E-state index contributed by atoms with van der Waals surface area (Å²) in [6, 6.07) is 5.83. The number of hydrogen-bond donors (Lipinski definition) is 0. The van der Waals surface area contributed by atoms with Crippen LogP contribution in [-0.2, 0) is 4.74 Å². The van der Waals surface area contributed by atoms with Gasteiger partial charge in [-0.2, -0.15) is 0 Å². The van der Waals surface area contributed by atoms with Gasteiger partial charge in [0.25, 0.3) is 6.04 Å². The molecule has 78 valence electrons. The van der Waals surface area contributed by atoms with Crippen molar-refractivity contribution in [1.29, 1.82) is 0 Å². The van der Waals surface area contributed by atoms with Gasteiger partial charge in [0.05, 0.1) is 5.56 Å². The molecule has 1 aliphatic heterocycles. The van der Waals surface area contributed by atoms with Gasteiger partial charge in [-0.1, -0.05) is 18.2 Å². The first-order valence-corrected chi connectivity index (χ1v) is 4.54. The number of nitrogens with zero attached hydrogens (tertiary/aromatic N) is 1. The summed E-state index contributed by atoms with van der Waals surface area (Å²) in [7, 11) is 0. The van der Waals surface area contributed by atoms with Crippen molar-refractivity contribution in [1.82, 2.24) is 0 Å². The molecule has 1 heterocycles. The minimum Gasteiger partial charge on any atom is -0.446 e. The average molecular weight is 207 g/mol. The maximum Gasteiger partial charge on any atom is 0.339 e. The average Bonchev–Trinajstić information content (AvgIpc) is 2.56. The van der Waals surface area contributed by atoms with Gasteiger partial charge in [0.2, 0.25) is 0 Å².